The molecule has 8 heteroatoms. The van der Waals surface area contributed by atoms with E-state index in [1.54, 1.807) is 31.4 Å². The van der Waals surface area contributed by atoms with E-state index >= 15 is 0 Å². The Morgan fingerprint density at radius 1 is 1.33 bits per heavy atom. The Hall–Kier alpha value is -1.48. The summed E-state index contributed by atoms with van der Waals surface area (Å²) in [4.78, 5) is 11.8. The van der Waals surface area contributed by atoms with Crippen molar-refractivity contribution in [2.75, 3.05) is 33.9 Å². The van der Waals surface area contributed by atoms with Crippen LogP contribution in [0.25, 0.3) is 0 Å². The molecule has 1 saturated heterocycles. The fourth-order valence-electron chi connectivity index (χ4n) is 2.93. The van der Waals surface area contributed by atoms with Gasteiger partial charge in [0.1, 0.15) is 0 Å². The van der Waals surface area contributed by atoms with Crippen LogP contribution in [0.3, 0.4) is 0 Å². The van der Waals surface area contributed by atoms with Crippen molar-refractivity contribution in [2.24, 2.45) is 0 Å². The van der Waals surface area contributed by atoms with Crippen LogP contribution in [0.4, 0.5) is 0 Å². The lowest BCUT2D eigenvalue weighted by Gasteiger charge is -2.28. The molecule has 7 nitrogen and oxygen atoms in total. The molecule has 2 N–H and O–H groups in total. The summed E-state index contributed by atoms with van der Waals surface area (Å²) < 4.78 is 37.4. The van der Waals surface area contributed by atoms with Gasteiger partial charge in [0.2, 0.25) is 10.0 Å². The molecule has 0 radical (unpaired) electrons. The third-order valence-corrected chi connectivity index (χ3v) is 5.43. The number of methoxy groups -OCH3 is 2. The topological polar surface area (TPSA) is 93.7 Å². The lowest BCUT2D eigenvalue weighted by molar-refractivity contribution is 0.0600. The predicted octanol–water partition coefficient (Wildman–Crippen LogP) is 0.661. The second-order valence-corrected chi connectivity index (χ2v) is 7.78. The van der Waals surface area contributed by atoms with E-state index in [2.05, 4.69) is 10.0 Å². The zero-order valence-corrected chi connectivity index (χ0v) is 14.8. The molecule has 0 amide bonds. The first kappa shape index (κ1) is 18.9. The van der Waals surface area contributed by atoms with E-state index in [0.717, 1.165) is 19.4 Å². The Morgan fingerprint density at radius 3 is 2.71 bits per heavy atom. The fourth-order valence-corrected chi connectivity index (χ4v) is 4.19. The minimum absolute atomic E-state index is 0.254. The molecule has 1 aliphatic heterocycles. The van der Waals surface area contributed by atoms with Crippen LogP contribution in [0.5, 0.6) is 0 Å². The molecule has 1 unspecified atom stereocenters. The number of rotatable bonds is 8. The van der Waals surface area contributed by atoms with Gasteiger partial charge in [-0.1, -0.05) is 18.2 Å². The molecular formula is C16H24N2O5S. The van der Waals surface area contributed by atoms with Crippen LogP contribution in [0.1, 0.15) is 28.8 Å². The molecule has 1 atom stereocenters. The van der Waals surface area contributed by atoms with Crippen LogP contribution in [0.15, 0.2) is 24.3 Å². The quantitative estimate of drug-likeness (QED) is 0.665. The number of sulfonamides is 1. The summed E-state index contributed by atoms with van der Waals surface area (Å²) >= 11 is 0. The van der Waals surface area contributed by atoms with E-state index in [1.165, 1.54) is 7.11 Å². The highest BCUT2D eigenvalue weighted by Crippen LogP contribution is 2.20. The molecular weight excluding hydrogens is 332 g/mol. The van der Waals surface area contributed by atoms with Gasteiger partial charge in [0.05, 0.1) is 30.6 Å². The van der Waals surface area contributed by atoms with Gasteiger partial charge in [0, 0.05) is 13.7 Å². The van der Waals surface area contributed by atoms with Crippen molar-refractivity contribution in [1.82, 2.24) is 10.0 Å². The van der Waals surface area contributed by atoms with Crippen molar-refractivity contribution in [3.63, 3.8) is 0 Å². The van der Waals surface area contributed by atoms with Crippen LogP contribution in [0, 0.1) is 0 Å². The van der Waals surface area contributed by atoms with Crippen LogP contribution < -0.4 is 10.0 Å². The van der Waals surface area contributed by atoms with Gasteiger partial charge in [-0.05, 0) is 31.0 Å². The van der Waals surface area contributed by atoms with Gasteiger partial charge >= 0.3 is 5.97 Å². The molecule has 2 rings (SSSR count). The van der Waals surface area contributed by atoms with Crippen LogP contribution >= 0.6 is 0 Å². The molecule has 1 aromatic carbocycles. The summed E-state index contributed by atoms with van der Waals surface area (Å²) in [6, 6.07) is 6.54. The highest BCUT2D eigenvalue weighted by atomic mass is 32.2. The van der Waals surface area contributed by atoms with Gasteiger partial charge in [-0.25, -0.2) is 17.9 Å². The monoisotopic (exact) mass is 356 g/mol. The smallest absolute Gasteiger partial charge is 0.338 e. The first-order chi connectivity index (χ1) is 11.4. The van der Waals surface area contributed by atoms with E-state index in [4.69, 9.17) is 9.47 Å². The Balaban J connectivity index is 2.08. The van der Waals surface area contributed by atoms with E-state index in [9.17, 15) is 13.2 Å². The number of carbonyl (C=O) groups excluding carboxylic acids is 1. The lowest BCUT2D eigenvalue weighted by atomic mass is 9.99. The van der Waals surface area contributed by atoms with Crippen molar-refractivity contribution in [3.05, 3.63) is 35.4 Å². The fraction of sp³-hybridized carbons (Fsp3) is 0.562. The Bertz CT molecular complexity index is 669. The standard InChI is InChI=1S/C16H24N2O5S/c1-22-12-16(8-5-9-17-16)11-18-24(20,21)10-13-6-3-4-7-14(13)15(19)23-2/h3-4,6-7,17-18H,5,8-12H2,1-2H3. The van der Waals surface area contributed by atoms with E-state index < -0.39 is 16.0 Å². The molecule has 1 fully saturated rings. The molecule has 0 saturated carbocycles. The van der Waals surface area contributed by atoms with Gasteiger partial charge in [0.15, 0.2) is 0 Å². The first-order valence-corrected chi connectivity index (χ1v) is 9.44. The number of carbonyl (C=O) groups is 1. The largest absolute Gasteiger partial charge is 0.465 e. The van der Waals surface area contributed by atoms with Crippen molar-refractivity contribution >= 4 is 16.0 Å². The Labute approximate surface area is 142 Å². The maximum atomic E-state index is 12.4. The van der Waals surface area contributed by atoms with Crippen molar-refractivity contribution in [1.29, 1.82) is 0 Å². The molecule has 24 heavy (non-hydrogen) atoms. The van der Waals surface area contributed by atoms with Gasteiger partial charge in [-0.15, -0.1) is 0 Å². The number of hydrogen-bond acceptors (Lipinski definition) is 6. The van der Waals surface area contributed by atoms with Crippen molar-refractivity contribution in [3.8, 4) is 0 Å². The zero-order chi connectivity index (χ0) is 17.6. The molecule has 1 aromatic rings. The van der Waals surface area contributed by atoms with Gasteiger partial charge in [0.25, 0.3) is 0 Å². The number of nitrogens with one attached hydrogen (secondary N) is 2. The lowest BCUT2D eigenvalue weighted by Crippen LogP contribution is -2.53. The molecule has 0 aromatic heterocycles. The third-order valence-electron chi connectivity index (χ3n) is 4.15. The molecule has 0 bridgehead atoms. The van der Waals surface area contributed by atoms with Crippen molar-refractivity contribution < 1.29 is 22.7 Å². The summed E-state index contributed by atoms with van der Waals surface area (Å²) in [5.74, 6) is -0.824. The minimum atomic E-state index is -3.60. The number of hydrogen-bond donors (Lipinski definition) is 2. The zero-order valence-electron chi connectivity index (χ0n) is 14.0. The van der Waals surface area contributed by atoms with Crippen LogP contribution in [0.2, 0.25) is 0 Å². The number of benzene rings is 1. The Kier molecular flexibility index (Phi) is 6.34. The van der Waals surface area contributed by atoms with Crippen molar-refractivity contribution in [2.45, 2.75) is 24.1 Å². The second kappa shape index (κ2) is 8.06. The summed E-state index contributed by atoms with van der Waals surface area (Å²) in [6.07, 6.45) is 1.83. The number of ether oxygens (including phenoxy) is 2. The molecule has 134 valence electrons. The highest BCUT2D eigenvalue weighted by molar-refractivity contribution is 7.88. The van der Waals surface area contributed by atoms with E-state index in [1.807, 2.05) is 0 Å². The molecule has 1 aliphatic rings. The maximum absolute atomic E-state index is 12.4. The average molecular weight is 356 g/mol. The summed E-state index contributed by atoms with van der Waals surface area (Å²) in [6.45, 7) is 1.54. The Morgan fingerprint density at radius 2 is 2.08 bits per heavy atom. The van der Waals surface area contributed by atoms with E-state index in [0.29, 0.717) is 12.2 Å². The molecule has 0 aliphatic carbocycles. The number of esters is 1. The summed E-state index contributed by atoms with van der Waals surface area (Å²) in [5, 5.41) is 3.32. The van der Waals surface area contributed by atoms with Gasteiger partial charge in [-0.3, -0.25) is 0 Å². The average Bonchev–Trinajstić information content (AvgIpc) is 3.02. The summed E-state index contributed by atoms with van der Waals surface area (Å²) in [7, 11) is -0.726. The highest BCUT2D eigenvalue weighted by Gasteiger charge is 2.34. The second-order valence-electron chi connectivity index (χ2n) is 5.97. The SMILES string of the molecule is COCC1(CNS(=O)(=O)Cc2ccccc2C(=O)OC)CCCN1. The van der Waals surface area contributed by atoms with E-state index in [-0.39, 0.29) is 23.4 Å². The van der Waals surface area contributed by atoms with Crippen LogP contribution in [-0.4, -0.2) is 53.8 Å². The molecule has 1 heterocycles. The third kappa shape index (κ3) is 4.76. The predicted molar refractivity (Wildman–Crippen MR) is 90.3 cm³/mol. The normalized spacial score (nSPS) is 20.9. The van der Waals surface area contributed by atoms with Gasteiger partial charge < -0.3 is 14.8 Å². The van der Waals surface area contributed by atoms with Gasteiger partial charge in [-0.2, -0.15) is 0 Å². The molecule has 0 spiro atoms. The first-order valence-electron chi connectivity index (χ1n) is 7.79. The van der Waals surface area contributed by atoms with Crippen LogP contribution in [-0.2, 0) is 25.2 Å². The minimum Gasteiger partial charge on any atom is -0.465 e. The maximum Gasteiger partial charge on any atom is 0.338 e. The summed E-state index contributed by atoms with van der Waals surface area (Å²) in [5.41, 5.74) is 0.303.